The summed E-state index contributed by atoms with van der Waals surface area (Å²) in [5.74, 6) is -0.166. The summed E-state index contributed by atoms with van der Waals surface area (Å²) in [6.45, 7) is 3.13. The average Bonchev–Trinajstić information content (AvgIpc) is 2.20. The SMILES string of the molecule is CC(O)CCCNCc1ccccc1F. The summed E-state index contributed by atoms with van der Waals surface area (Å²) in [4.78, 5) is 0. The van der Waals surface area contributed by atoms with Crippen LogP contribution in [0.2, 0.25) is 0 Å². The molecule has 0 aliphatic heterocycles. The topological polar surface area (TPSA) is 32.3 Å². The van der Waals surface area contributed by atoms with Crippen LogP contribution in [0, 0.1) is 5.82 Å². The van der Waals surface area contributed by atoms with E-state index in [2.05, 4.69) is 5.32 Å². The second-order valence-electron chi connectivity index (χ2n) is 3.76. The molecule has 0 amide bonds. The van der Waals surface area contributed by atoms with Gasteiger partial charge in [0.05, 0.1) is 6.10 Å². The van der Waals surface area contributed by atoms with E-state index < -0.39 is 0 Å². The average molecular weight is 211 g/mol. The third-order valence-electron chi connectivity index (χ3n) is 2.25. The Morgan fingerprint density at radius 1 is 1.40 bits per heavy atom. The molecule has 1 unspecified atom stereocenters. The van der Waals surface area contributed by atoms with Gasteiger partial charge in [0.25, 0.3) is 0 Å². The van der Waals surface area contributed by atoms with Crippen LogP contribution in [-0.4, -0.2) is 17.8 Å². The number of hydrogen-bond donors (Lipinski definition) is 2. The Bertz CT molecular complexity index is 289. The minimum Gasteiger partial charge on any atom is -0.393 e. The second kappa shape index (κ2) is 6.53. The van der Waals surface area contributed by atoms with Crippen molar-refractivity contribution in [1.29, 1.82) is 0 Å². The van der Waals surface area contributed by atoms with Crippen LogP contribution in [0.25, 0.3) is 0 Å². The van der Waals surface area contributed by atoms with Crippen LogP contribution in [0.1, 0.15) is 25.3 Å². The maximum absolute atomic E-state index is 13.1. The van der Waals surface area contributed by atoms with Crippen LogP contribution >= 0.6 is 0 Å². The maximum Gasteiger partial charge on any atom is 0.127 e. The lowest BCUT2D eigenvalue weighted by atomic mass is 10.2. The predicted octanol–water partition coefficient (Wildman–Crippen LogP) is 2.08. The molecule has 0 spiro atoms. The lowest BCUT2D eigenvalue weighted by Gasteiger charge is -2.06. The van der Waals surface area contributed by atoms with E-state index in [1.807, 2.05) is 6.07 Å². The number of nitrogens with one attached hydrogen (secondary N) is 1. The van der Waals surface area contributed by atoms with Crippen molar-refractivity contribution in [2.45, 2.75) is 32.4 Å². The monoisotopic (exact) mass is 211 g/mol. The predicted molar refractivity (Wildman–Crippen MR) is 59.0 cm³/mol. The van der Waals surface area contributed by atoms with Crippen molar-refractivity contribution < 1.29 is 9.50 Å². The van der Waals surface area contributed by atoms with Crippen molar-refractivity contribution in [1.82, 2.24) is 5.32 Å². The fourth-order valence-electron chi connectivity index (χ4n) is 1.39. The molecular weight excluding hydrogens is 193 g/mol. The van der Waals surface area contributed by atoms with Crippen molar-refractivity contribution >= 4 is 0 Å². The molecule has 0 aromatic heterocycles. The summed E-state index contributed by atoms with van der Waals surface area (Å²) in [6.07, 6.45) is 1.44. The molecule has 1 aromatic carbocycles. The zero-order valence-corrected chi connectivity index (χ0v) is 9.04. The van der Waals surface area contributed by atoms with Gasteiger partial charge in [-0.15, -0.1) is 0 Å². The zero-order chi connectivity index (χ0) is 11.1. The van der Waals surface area contributed by atoms with Crippen LogP contribution in [0.3, 0.4) is 0 Å². The van der Waals surface area contributed by atoms with Crippen LogP contribution < -0.4 is 5.32 Å². The van der Waals surface area contributed by atoms with E-state index >= 15 is 0 Å². The van der Waals surface area contributed by atoms with E-state index in [4.69, 9.17) is 5.11 Å². The summed E-state index contributed by atoms with van der Waals surface area (Å²) < 4.78 is 13.1. The number of halogens is 1. The van der Waals surface area contributed by atoms with Gasteiger partial charge in [-0.1, -0.05) is 18.2 Å². The minimum absolute atomic E-state index is 0.166. The Morgan fingerprint density at radius 3 is 2.80 bits per heavy atom. The second-order valence-corrected chi connectivity index (χ2v) is 3.76. The van der Waals surface area contributed by atoms with E-state index in [0.29, 0.717) is 12.1 Å². The number of rotatable bonds is 6. The highest BCUT2D eigenvalue weighted by Crippen LogP contribution is 2.05. The van der Waals surface area contributed by atoms with Gasteiger partial charge >= 0.3 is 0 Å². The van der Waals surface area contributed by atoms with E-state index in [9.17, 15) is 4.39 Å². The molecule has 84 valence electrons. The smallest absolute Gasteiger partial charge is 0.127 e. The van der Waals surface area contributed by atoms with E-state index in [1.54, 1.807) is 19.1 Å². The van der Waals surface area contributed by atoms with Crippen LogP contribution in [0.4, 0.5) is 4.39 Å². The van der Waals surface area contributed by atoms with Gasteiger partial charge in [0.2, 0.25) is 0 Å². The molecule has 2 nitrogen and oxygen atoms in total. The molecule has 3 heteroatoms. The molecule has 0 saturated carbocycles. The number of hydrogen-bond acceptors (Lipinski definition) is 2. The molecule has 0 aliphatic carbocycles. The zero-order valence-electron chi connectivity index (χ0n) is 9.04. The van der Waals surface area contributed by atoms with Gasteiger partial charge < -0.3 is 10.4 Å². The van der Waals surface area contributed by atoms with Crippen molar-refractivity contribution in [2.75, 3.05) is 6.54 Å². The van der Waals surface area contributed by atoms with Gasteiger partial charge in [0.1, 0.15) is 5.82 Å². The lowest BCUT2D eigenvalue weighted by Crippen LogP contribution is -2.16. The summed E-state index contributed by atoms with van der Waals surface area (Å²) in [5, 5.41) is 12.2. The highest BCUT2D eigenvalue weighted by atomic mass is 19.1. The number of aliphatic hydroxyl groups is 1. The Balaban J connectivity index is 2.18. The third kappa shape index (κ3) is 4.91. The molecule has 2 N–H and O–H groups in total. The number of aliphatic hydroxyl groups excluding tert-OH is 1. The van der Waals surface area contributed by atoms with Crippen molar-refractivity contribution in [3.05, 3.63) is 35.6 Å². The van der Waals surface area contributed by atoms with Crippen molar-refractivity contribution in [2.24, 2.45) is 0 Å². The summed E-state index contributed by atoms with van der Waals surface area (Å²) in [5.41, 5.74) is 0.689. The molecule has 0 saturated heterocycles. The molecule has 0 heterocycles. The van der Waals surface area contributed by atoms with E-state index in [1.165, 1.54) is 6.07 Å². The highest BCUT2D eigenvalue weighted by Gasteiger charge is 1.99. The Hall–Kier alpha value is -0.930. The summed E-state index contributed by atoms with van der Waals surface area (Å²) in [6, 6.07) is 6.76. The fraction of sp³-hybridized carbons (Fsp3) is 0.500. The maximum atomic E-state index is 13.1. The molecule has 15 heavy (non-hydrogen) atoms. The quantitative estimate of drug-likeness (QED) is 0.706. The molecule has 0 bridgehead atoms. The van der Waals surface area contributed by atoms with Gasteiger partial charge in [-0.3, -0.25) is 0 Å². The number of benzene rings is 1. The standard InChI is InChI=1S/C12H18FNO/c1-10(15)5-4-8-14-9-11-6-2-3-7-12(11)13/h2-3,6-7,10,14-15H,4-5,8-9H2,1H3. The summed E-state index contributed by atoms with van der Waals surface area (Å²) >= 11 is 0. The Morgan fingerprint density at radius 2 is 2.13 bits per heavy atom. The molecule has 1 aromatic rings. The third-order valence-corrected chi connectivity index (χ3v) is 2.25. The normalized spacial score (nSPS) is 12.7. The van der Waals surface area contributed by atoms with Crippen molar-refractivity contribution in [3.8, 4) is 0 Å². The Kier molecular flexibility index (Phi) is 5.29. The molecule has 0 radical (unpaired) electrons. The van der Waals surface area contributed by atoms with E-state index in [-0.39, 0.29) is 11.9 Å². The highest BCUT2D eigenvalue weighted by molar-refractivity contribution is 5.16. The van der Waals surface area contributed by atoms with Gasteiger partial charge in [0.15, 0.2) is 0 Å². The first-order valence-electron chi connectivity index (χ1n) is 5.32. The van der Waals surface area contributed by atoms with Gasteiger partial charge in [-0.25, -0.2) is 4.39 Å². The van der Waals surface area contributed by atoms with Crippen molar-refractivity contribution in [3.63, 3.8) is 0 Å². The molecular formula is C12H18FNO. The van der Waals surface area contributed by atoms with Gasteiger partial charge in [0, 0.05) is 12.1 Å². The van der Waals surface area contributed by atoms with Gasteiger partial charge in [-0.2, -0.15) is 0 Å². The summed E-state index contributed by atoms with van der Waals surface area (Å²) in [7, 11) is 0. The van der Waals surface area contributed by atoms with E-state index in [0.717, 1.165) is 19.4 Å². The molecule has 0 aliphatic rings. The molecule has 1 rings (SSSR count). The first-order chi connectivity index (χ1) is 7.20. The molecule has 0 fully saturated rings. The first kappa shape index (κ1) is 12.1. The largest absolute Gasteiger partial charge is 0.393 e. The first-order valence-corrected chi connectivity index (χ1v) is 5.32. The molecule has 1 atom stereocenters. The fourth-order valence-corrected chi connectivity index (χ4v) is 1.39. The van der Waals surface area contributed by atoms with Crippen LogP contribution in [0.15, 0.2) is 24.3 Å². The lowest BCUT2D eigenvalue weighted by molar-refractivity contribution is 0.181. The Labute approximate surface area is 90.1 Å². The van der Waals surface area contributed by atoms with Crippen LogP contribution in [0.5, 0.6) is 0 Å². The minimum atomic E-state index is -0.250. The van der Waals surface area contributed by atoms with Crippen LogP contribution in [-0.2, 0) is 6.54 Å². The van der Waals surface area contributed by atoms with Gasteiger partial charge in [-0.05, 0) is 32.4 Å².